The summed E-state index contributed by atoms with van der Waals surface area (Å²) in [5.74, 6) is -0.0646. The molecule has 0 unspecified atom stereocenters. The molecule has 5 heteroatoms. The third kappa shape index (κ3) is 3.89. The van der Waals surface area contributed by atoms with Gasteiger partial charge < -0.3 is 14.6 Å². The molecule has 0 aromatic heterocycles. The lowest BCUT2D eigenvalue weighted by atomic mass is 10.1. The zero-order valence-electron chi connectivity index (χ0n) is 10.6. The second-order valence-corrected chi connectivity index (χ2v) is 3.47. The van der Waals surface area contributed by atoms with Crippen LogP contribution in [0.1, 0.15) is 5.56 Å². The summed E-state index contributed by atoms with van der Waals surface area (Å²) in [5.41, 5.74) is 0.480. The fourth-order valence-corrected chi connectivity index (χ4v) is 1.37. The van der Waals surface area contributed by atoms with E-state index >= 15 is 0 Å². The number of nitriles is 1. The molecule has 0 saturated heterocycles. The lowest BCUT2D eigenvalue weighted by Gasteiger charge is -2.07. The fourth-order valence-electron chi connectivity index (χ4n) is 1.37. The molecule has 0 bridgehead atoms. The average Bonchev–Trinajstić information content (AvgIpc) is 2.42. The second-order valence-electron chi connectivity index (χ2n) is 3.47. The maximum atomic E-state index is 10.6. The topological polar surface area (TPSA) is 79.5 Å². The van der Waals surface area contributed by atoms with Crippen LogP contribution in [0.25, 0.3) is 6.08 Å². The Labute approximate surface area is 111 Å². The van der Waals surface area contributed by atoms with Gasteiger partial charge in [0, 0.05) is 0 Å². The van der Waals surface area contributed by atoms with E-state index in [1.807, 2.05) is 0 Å². The van der Waals surface area contributed by atoms with E-state index in [1.165, 1.54) is 19.3 Å². The Kier molecular flexibility index (Phi) is 5.17. The summed E-state index contributed by atoms with van der Waals surface area (Å²) in [5, 5.41) is 17.2. The minimum absolute atomic E-state index is 0.322. The summed E-state index contributed by atoms with van der Waals surface area (Å²) in [6.45, 7) is 0. The quantitative estimate of drug-likeness (QED) is 0.498. The maximum absolute atomic E-state index is 10.6. The Morgan fingerprint density at radius 3 is 2.53 bits per heavy atom. The van der Waals surface area contributed by atoms with Gasteiger partial charge in [-0.2, -0.15) is 5.26 Å². The highest BCUT2D eigenvalue weighted by molar-refractivity contribution is 5.91. The lowest BCUT2D eigenvalue weighted by Crippen LogP contribution is -1.96. The van der Waals surface area contributed by atoms with E-state index in [-0.39, 0.29) is 5.57 Å². The van der Waals surface area contributed by atoms with E-state index in [4.69, 9.17) is 19.8 Å². The number of hydrogen-bond acceptors (Lipinski definition) is 4. The van der Waals surface area contributed by atoms with E-state index in [1.54, 1.807) is 37.5 Å². The minimum Gasteiger partial charge on any atom is -0.493 e. The van der Waals surface area contributed by atoms with Crippen LogP contribution in [0.2, 0.25) is 0 Å². The van der Waals surface area contributed by atoms with Gasteiger partial charge in [-0.3, -0.25) is 0 Å². The van der Waals surface area contributed by atoms with Crippen molar-refractivity contribution >= 4 is 12.0 Å². The fraction of sp³-hybridized carbons (Fsp3) is 0.143. The highest BCUT2D eigenvalue weighted by Crippen LogP contribution is 2.27. The first-order valence-corrected chi connectivity index (χ1v) is 5.36. The SMILES string of the molecule is COc1ccc(C=CC=C(C#N)C(=O)O)cc1OC. The molecule has 98 valence electrons. The van der Waals surface area contributed by atoms with Gasteiger partial charge in [-0.05, 0) is 23.8 Å². The van der Waals surface area contributed by atoms with Crippen molar-refractivity contribution in [2.24, 2.45) is 0 Å². The smallest absolute Gasteiger partial charge is 0.346 e. The Hall–Kier alpha value is -2.74. The number of benzene rings is 1. The molecule has 0 saturated carbocycles. The van der Waals surface area contributed by atoms with Gasteiger partial charge >= 0.3 is 5.97 Å². The van der Waals surface area contributed by atoms with Gasteiger partial charge in [0.25, 0.3) is 0 Å². The van der Waals surface area contributed by atoms with E-state index in [9.17, 15) is 4.79 Å². The van der Waals surface area contributed by atoms with Crippen molar-refractivity contribution in [1.82, 2.24) is 0 Å². The number of carboxylic acids is 1. The number of nitrogens with zero attached hydrogens (tertiary/aromatic N) is 1. The molecule has 1 aromatic rings. The van der Waals surface area contributed by atoms with Gasteiger partial charge in [-0.1, -0.05) is 18.2 Å². The maximum Gasteiger partial charge on any atom is 0.346 e. The van der Waals surface area contributed by atoms with Crippen LogP contribution < -0.4 is 9.47 Å². The molecule has 0 aliphatic rings. The van der Waals surface area contributed by atoms with Crippen molar-refractivity contribution in [3.63, 3.8) is 0 Å². The molecule has 19 heavy (non-hydrogen) atoms. The van der Waals surface area contributed by atoms with Crippen molar-refractivity contribution in [3.05, 3.63) is 41.5 Å². The number of carbonyl (C=O) groups is 1. The molecular weight excluding hydrogens is 246 g/mol. The Bertz CT molecular complexity index is 567. The number of methoxy groups -OCH3 is 2. The average molecular weight is 259 g/mol. The molecule has 1 aromatic carbocycles. The molecule has 0 fully saturated rings. The van der Waals surface area contributed by atoms with Crippen molar-refractivity contribution in [3.8, 4) is 17.6 Å². The van der Waals surface area contributed by atoms with Crippen molar-refractivity contribution in [1.29, 1.82) is 5.26 Å². The van der Waals surface area contributed by atoms with E-state index in [0.717, 1.165) is 5.56 Å². The van der Waals surface area contributed by atoms with Gasteiger partial charge in [0.1, 0.15) is 11.6 Å². The summed E-state index contributed by atoms with van der Waals surface area (Å²) >= 11 is 0. The zero-order chi connectivity index (χ0) is 14.3. The zero-order valence-corrected chi connectivity index (χ0v) is 10.6. The van der Waals surface area contributed by atoms with Crippen LogP contribution in [0.5, 0.6) is 11.5 Å². The summed E-state index contributed by atoms with van der Waals surface area (Å²) in [6.07, 6.45) is 4.40. The Balaban J connectivity index is 2.95. The Morgan fingerprint density at radius 1 is 1.32 bits per heavy atom. The minimum atomic E-state index is -1.25. The number of carboxylic acid groups (broad SMARTS) is 1. The molecule has 0 radical (unpaired) electrons. The molecular formula is C14H13NO4. The van der Waals surface area contributed by atoms with Gasteiger partial charge in [-0.15, -0.1) is 0 Å². The van der Waals surface area contributed by atoms with Crippen LogP contribution in [-0.2, 0) is 4.79 Å². The van der Waals surface area contributed by atoms with Crippen molar-refractivity contribution in [2.45, 2.75) is 0 Å². The molecule has 0 spiro atoms. The highest BCUT2D eigenvalue weighted by atomic mass is 16.5. The number of ether oxygens (including phenoxy) is 2. The standard InChI is InChI=1S/C14H13NO4/c1-18-12-7-6-10(8-13(12)19-2)4-3-5-11(9-15)14(16)17/h3-8H,1-2H3,(H,16,17). The van der Waals surface area contributed by atoms with Gasteiger partial charge in [0.2, 0.25) is 0 Å². The van der Waals surface area contributed by atoms with Crippen LogP contribution in [0.3, 0.4) is 0 Å². The molecule has 5 nitrogen and oxygen atoms in total. The lowest BCUT2D eigenvalue weighted by molar-refractivity contribution is -0.132. The highest BCUT2D eigenvalue weighted by Gasteiger charge is 2.04. The predicted molar refractivity (Wildman–Crippen MR) is 69.9 cm³/mol. The van der Waals surface area contributed by atoms with E-state index < -0.39 is 5.97 Å². The molecule has 1 N–H and O–H groups in total. The van der Waals surface area contributed by atoms with Gasteiger partial charge in [0.05, 0.1) is 14.2 Å². The van der Waals surface area contributed by atoms with Crippen molar-refractivity contribution in [2.75, 3.05) is 14.2 Å². The normalized spacial score (nSPS) is 11.1. The van der Waals surface area contributed by atoms with Crippen molar-refractivity contribution < 1.29 is 19.4 Å². The molecule has 0 heterocycles. The first-order chi connectivity index (χ1) is 9.12. The largest absolute Gasteiger partial charge is 0.493 e. The van der Waals surface area contributed by atoms with Crippen LogP contribution >= 0.6 is 0 Å². The van der Waals surface area contributed by atoms with E-state index in [0.29, 0.717) is 11.5 Å². The predicted octanol–water partition coefficient (Wildman–Crippen LogP) is 2.25. The first kappa shape index (κ1) is 14.3. The second kappa shape index (κ2) is 6.87. The Morgan fingerprint density at radius 2 is 2.00 bits per heavy atom. The van der Waals surface area contributed by atoms with E-state index in [2.05, 4.69) is 0 Å². The molecule has 0 amide bonds. The molecule has 0 aliphatic carbocycles. The van der Waals surface area contributed by atoms with Crippen LogP contribution in [-0.4, -0.2) is 25.3 Å². The van der Waals surface area contributed by atoms with Crippen LogP contribution in [0, 0.1) is 11.3 Å². The van der Waals surface area contributed by atoms with Gasteiger partial charge in [0.15, 0.2) is 11.5 Å². The molecule has 0 atom stereocenters. The third-order valence-electron chi connectivity index (χ3n) is 2.31. The number of rotatable bonds is 5. The summed E-state index contributed by atoms with van der Waals surface area (Å²) in [6, 6.07) is 6.87. The third-order valence-corrected chi connectivity index (χ3v) is 2.31. The number of allylic oxidation sites excluding steroid dienone is 2. The monoisotopic (exact) mass is 259 g/mol. The van der Waals surface area contributed by atoms with Gasteiger partial charge in [-0.25, -0.2) is 4.79 Å². The van der Waals surface area contributed by atoms with Crippen LogP contribution in [0.15, 0.2) is 35.9 Å². The summed E-state index contributed by atoms with van der Waals surface area (Å²) in [7, 11) is 3.08. The number of hydrogen-bond donors (Lipinski definition) is 1. The molecule has 0 aliphatic heterocycles. The molecule has 1 rings (SSSR count). The van der Waals surface area contributed by atoms with Crippen LogP contribution in [0.4, 0.5) is 0 Å². The number of aliphatic carboxylic acids is 1. The first-order valence-electron chi connectivity index (χ1n) is 5.36. The summed E-state index contributed by atoms with van der Waals surface area (Å²) in [4.78, 5) is 10.6. The summed E-state index contributed by atoms with van der Waals surface area (Å²) < 4.78 is 10.2.